The number of hydrogen-bond acceptors (Lipinski definition) is 1. The van der Waals surface area contributed by atoms with Gasteiger partial charge in [0.05, 0.1) is 5.60 Å². The van der Waals surface area contributed by atoms with Gasteiger partial charge in [-0.15, -0.1) is 0 Å². The van der Waals surface area contributed by atoms with E-state index in [1.807, 2.05) is 0 Å². The van der Waals surface area contributed by atoms with E-state index in [1.54, 1.807) is 19.1 Å². The van der Waals surface area contributed by atoms with E-state index in [1.165, 1.54) is 6.07 Å². The van der Waals surface area contributed by atoms with E-state index >= 15 is 0 Å². The molecule has 1 saturated carbocycles. The first-order chi connectivity index (χ1) is 6.12. The van der Waals surface area contributed by atoms with Crippen LogP contribution >= 0.6 is 0 Å². The Balaban J connectivity index is 2.36. The second-order valence-corrected chi connectivity index (χ2v) is 3.85. The molecule has 0 atom stereocenters. The van der Waals surface area contributed by atoms with Crippen LogP contribution in [0.25, 0.3) is 0 Å². The lowest BCUT2D eigenvalue weighted by Gasteiger charge is -2.37. The maximum Gasteiger partial charge on any atom is 0.126 e. The minimum Gasteiger partial charge on any atom is -0.385 e. The van der Waals surface area contributed by atoms with Crippen molar-refractivity contribution in [3.05, 3.63) is 35.1 Å². The van der Waals surface area contributed by atoms with Gasteiger partial charge in [-0.2, -0.15) is 0 Å². The topological polar surface area (TPSA) is 20.2 Å². The molecule has 0 radical (unpaired) electrons. The van der Waals surface area contributed by atoms with Gasteiger partial charge in [0.25, 0.3) is 0 Å². The van der Waals surface area contributed by atoms with Crippen molar-refractivity contribution in [2.24, 2.45) is 0 Å². The lowest BCUT2D eigenvalue weighted by Crippen LogP contribution is -2.33. The van der Waals surface area contributed by atoms with E-state index in [-0.39, 0.29) is 5.82 Å². The van der Waals surface area contributed by atoms with E-state index in [0.29, 0.717) is 5.56 Å². The predicted octanol–water partition coefficient (Wildman–Crippen LogP) is 2.51. The molecule has 0 heterocycles. The zero-order chi connectivity index (χ0) is 9.47. The summed E-state index contributed by atoms with van der Waals surface area (Å²) in [4.78, 5) is 0. The second kappa shape index (κ2) is 2.81. The van der Waals surface area contributed by atoms with E-state index in [0.717, 1.165) is 24.8 Å². The van der Waals surface area contributed by atoms with Crippen molar-refractivity contribution in [1.82, 2.24) is 0 Å². The number of benzene rings is 1. The Labute approximate surface area is 77.2 Å². The molecule has 1 N–H and O–H groups in total. The summed E-state index contributed by atoms with van der Waals surface area (Å²) in [6.45, 7) is 1.72. The van der Waals surface area contributed by atoms with Crippen LogP contribution in [0.15, 0.2) is 18.2 Å². The SMILES string of the molecule is Cc1cc(C2(O)CCC2)ccc1F. The fourth-order valence-electron chi connectivity index (χ4n) is 1.73. The number of hydrogen-bond donors (Lipinski definition) is 1. The number of aliphatic hydroxyl groups is 1. The van der Waals surface area contributed by atoms with Gasteiger partial charge in [0.1, 0.15) is 5.82 Å². The van der Waals surface area contributed by atoms with E-state index in [2.05, 4.69) is 0 Å². The van der Waals surface area contributed by atoms with Crippen LogP contribution in [-0.2, 0) is 5.60 Å². The Morgan fingerprint density at radius 3 is 2.54 bits per heavy atom. The molecule has 70 valence electrons. The highest BCUT2D eigenvalue weighted by Crippen LogP contribution is 2.41. The van der Waals surface area contributed by atoms with Crippen LogP contribution in [0.5, 0.6) is 0 Å². The van der Waals surface area contributed by atoms with Crippen molar-refractivity contribution in [3.63, 3.8) is 0 Å². The summed E-state index contributed by atoms with van der Waals surface area (Å²) in [6, 6.07) is 4.86. The fourth-order valence-corrected chi connectivity index (χ4v) is 1.73. The van der Waals surface area contributed by atoms with Crippen LogP contribution in [0.3, 0.4) is 0 Å². The maximum absolute atomic E-state index is 12.9. The summed E-state index contributed by atoms with van der Waals surface area (Å²) in [5.41, 5.74) is 0.800. The van der Waals surface area contributed by atoms with Gasteiger partial charge in [0.15, 0.2) is 0 Å². The zero-order valence-corrected chi connectivity index (χ0v) is 7.68. The standard InChI is InChI=1S/C11H13FO/c1-8-7-9(3-4-10(8)12)11(13)5-2-6-11/h3-4,7,13H,2,5-6H2,1H3. The molecule has 1 aliphatic carbocycles. The number of aryl methyl sites for hydroxylation is 1. The molecule has 0 aromatic heterocycles. The molecular formula is C11H13FO. The molecule has 0 amide bonds. The third-order valence-electron chi connectivity index (χ3n) is 2.88. The molecule has 13 heavy (non-hydrogen) atoms. The highest BCUT2D eigenvalue weighted by atomic mass is 19.1. The first-order valence-corrected chi connectivity index (χ1v) is 4.61. The van der Waals surface area contributed by atoms with Crippen molar-refractivity contribution in [1.29, 1.82) is 0 Å². The van der Waals surface area contributed by atoms with Gasteiger partial charge in [0, 0.05) is 0 Å². The Bertz CT molecular complexity index is 329. The van der Waals surface area contributed by atoms with Crippen LogP contribution in [-0.4, -0.2) is 5.11 Å². The van der Waals surface area contributed by atoms with Crippen LogP contribution in [0, 0.1) is 12.7 Å². The van der Waals surface area contributed by atoms with Crippen LogP contribution in [0.2, 0.25) is 0 Å². The van der Waals surface area contributed by atoms with Crippen molar-refractivity contribution in [3.8, 4) is 0 Å². The normalized spacial score (nSPS) is 19.6. The summed E-state index contributed by atoms with van der Waals surface area (Å²) in [7, 11) is 0. The summed E-state index contributed by atoms with van der Waals surface area (Å²) < 4.78 is 12.9. The quantitative estimate of drug-likeness (QED) is 0.704. The van der Waals surface area contributed by atoms with Crippen molar-refractivity contribution >= 4 is 0 Å². The molecule has 2 heteroatoms. The molecule has 1 fully saturated rings. The van der Waals surface area contributed by atoms with Gasteiger partial charge >= 0.3 is 0 Å². The minimum atomic E-state index is -0.668. The third-order valence-corrected chi connectivity index (χ3v) is 2.88. The molecule has 0 aliphatic heterocycles. The van der Waals surface area contributed by atoms with E-state index in [9.17, 15) is 9.50 Å². The highest BCUT2D eigenvalue weighted by Gasteiger charge is 2.36. The zero-order valence-electron chi connectivity index (χ0n) is 7.68. The van der Waals surface area contributed by atoms with Gasteiger partial charge in [-0.3, -0.25) is 0 Å². The van der Waals surface area contributed by atoms with Crippen molar-refractivity contribution in [2.45, 2.75) is 31.8 Å². The predicted molar refractivity (Wildman–Crippen MR) is 48.9 cm³/mol. The minimum absolute atomic E-state index is 0.202. The molecule has 0 unspecified atom stereocenters. The number of halogens is 1. The lowest BCUT2D eigenvalue weighted by atomic mass is 9.75. The molecule has 1 aromatic carbocycles. The Hall–Kier alpha value is -0.890. The van der Waals surface area contributed by atoms with Gasteiger partial charge in [-0.05, 0) is 43.4 Å². The Morgan fingerprint density at radius 2 is 2.08 bits per heavy atom. The van der Waals surface area contributed by atoms with Crippen LogP contribution in [0.4, 0.5) is 4.39 Å². The van der Waals surface area contributed by atoms with Gasteiger partial charge in [-0.1, -0.05) is 12.1 Å². The molecule has 0 spiro atoms. The summed E-state index contributed by atoms with van der Waals surface area (Å²) in [6.07, 6.45) is 2.67. The third kappa shape index (κ3) is 1.35. The fraction of sp³-hybridized carbons (Fsp3) is 0.455. The van der Waals surface area contributed by atoms with E-state index < -0.39 is 5.60 Å². The first kappa shape index (κ1) is 8.70. The molecule has 0 bridgehead atoms. The van der Waals surface area contributed by atoms with Gasteiger partial charge in [0.2, 0.25) is 0 Å². The van der Waals surface area contributed by atoms with Crippen molar-refractivity contribution in [2.75, 3.05) is 0 Å². The monoisotopic (exact) mass is 180 g/mol. The Kier molecular flexibility index (Phi) is 1.88. The van der Waals surface area contributed by atoms with Gasteiger partial charge < -0.3 is 5.11 Å². The average Bonchev–Trinajstić information content (AvgIpc) is 2.06. The number of rotatable bonds is 1. The molecule has 1 aliphatic rings. The molecule has 2 rings (SSSR count). The Morgan fingerprint density at radius 1 is 1.38 bits per heavy atom. The van der Waals surface area contributed by atoms with Crippen molar-refractivity contribution < 1.29 is 9.50 Å². The molecule has 1 nitrogen and oxygen atoms in total. The summed E-state index contributed by atoms with van der Waals surface area (Å²) in [5, 5.41) is 9.97. The van der Waals surface area contributed by atoms with Crippen LogP contribution < -0.4 is 0 Å². The molecule has 0 saturated heterocycles. The van der Waals surface area contributed by atoms with E-state index in [4.69, 9.17) is 0 Å². The van der Waals surface area contributed by atoms with Crippen LogP contribution in [0.1, 0.15) is 30.4 Å². The van der Waals surface area contributed by atoms with Gasteiger partial charge in [-0.25, -0.2) is 4.39 Å². The average molecular weight is 180 g/mol. The first-order valence-electron chi connectivity index (χ1n) is 4.61. The smallest absolute Gasteiger partial charge is 0.126 e. The largest absolute Gasteiger partial charge is 0.385 e. The molecule has 1 aromatic rings. The molecular weight excluding hydrogens is 167 g/mol. The summed E-state index contributed by atoms with van der Waals surface area (Å²) >= 11 is 0. The highest BCUT2D eigenvalue weighted by molar-refractivity contribution is 5.30. The second-order valence-electron chi connectivity index (χ2n) is 3.85. The maximum atomic E-state index is 12.9. The lowest BCUT2D eigenvalue weighted by molar-refractivity contribution is -0.0388. The summed E-state index contributed by atoms with van der Waals surface area (Å²) in [5.74, 6) is -0.202.